The van der Waals surface area contributed by atoms with Gasteiger partial charge in [-0.15, -0.1) is 0 Å². The summed E-state index contributed by atoms with van der Waals surface area (Å²) in [4.78, 5) is 4.21. The van der Waals surface area contributed by atoms with Crippen molar-refractivity contribution in [3.63, 3.8) is 0 Å². The Labute approximate surface area is 59.4 Å². The lowest BCUT2D eigenvalue weighted by Crippen LogP contribution is -2.07. The van der Waals surface area contributed by atoms with Gasteiger partial charge in [-0.2, -0.15) is 0 Å². The van der Waals surface area contributed by atoms with Crippen LogP contribution in [0.2, 0.25) is 0 Å². The van der Waals surface area contributed by atoms with E-state index in [0.717, 1.165) is 23.9 Å². The van der Waals surface area contributed by atoms with E-state index in [1.54, 1.807) is 0 Å². The molecule has 1 atom stereocenters. The van der Waals surface area contributed by atoms with Gasteiger partial charge in [0.2, 0.25) is 0 Å². The smallest absolute Gasteiger partial charge is 0.191 e. The van der Waals surface area contributed by atoms with Crippen LogP contribution in [0.25, 0.3) is 0 Å². The third-order valence-electron chi connectivity index (χ3n) is 1.80. The molecule has 0 aromatic carbocycles. The maximum absolute atomic E-state index is 5.36. The number of hydrogen-bond donors (Lipinski definition) is 1. The van der Waals surface area contributed by atoms with Crippen LogP contribution < -0.4 is 5.32 Å². The first-order valence-electron chi connectivity index (χ1n) is 3.47. The van der Waals surface area contributed by atoms with Crippen molar-refractivity contribution in [3.05, 3.63) is 17.3 Å². The molecule has 54 valence electrons. The molecule has 2 heterocycles. The summed E-state index contributed by atoms with van der Waals surface area (Å²) in [6, 6.07) is 0.344. The monoisotopic (exact) mass is 138 g/mol. The molecule has 0 saturated carbocycles. The lowest BCUT2D eigenvalue weighted by atomic mass is 10.3. The molecule has 10 heavy (non-hydrogen) atoms. The fourth-order valence-corrected chi connectivity index (χ4v) is 1.29. The Kier molecular flexibility index (Phi) is 1.08. The van der Waals surface area contributed by atoms with Gasteiger partial charge in [0.05, 0.1) is 11.7 Å². The standard InChI is InChI=1S/C7H10N2O/c1-4-7-6(3-8-4)9-5(2)10-7/h4,8H,3H2,1-2H3. The lowest BCUT2D eigenvalue weighted by molar-refractivity contribution is 0.433. The summed E-state index contributed by atoms with van der Waals surface area (Å²) in [6.07, 6.45) is 0. The molecule has 1 N–H and O–H groups in total. The van der Waals surface area contributed by atoms with E-state index >= 15 is 0 Å². The van der Waals surface area contributed by atoms with Gasteiger partial charge in [0.25, 0.3) is 0 Å². The number of hydrogen-bond acceptors (Lipinski definition) is 3. The van der Waals surface area contributed by atoms with Crippen LogP contribution in [0.1, 0.15) is 30.3 Å². The molecule has 0 radical (unpaired) electrons. The topological polar surface area (TPSA) is 38.1 Å². The molecule has 0 amide bonds. The minimum atomic E-state index is 0.344. The van der Waals surface area contributed by atoms with Crippen molar-refractivity contribution < 1.29 is 4.42 Å². The minimum Gasteiger partial charge on any atom is -0.444 e. The normalized spacial score (nSPS) is 23.2. The van der Waals surface area contributed by atoms with Crippen LogP contribution in [0.4, 0.5) is 0 Å². The average molecular weight is 138 g/mol. The van der Waals surface area contributed by atoms with E-state index in [4.69, 9.17) is 4.42 Å². The van der Waals surface area contributed by atoms with Crippen molar-refractivity contribution in [2.45, 2.75) is 26.4 Å². The Balaban J connectivity index is 2.49. The van der Waals surface area contributed by atoms with Crippen molar-refractivity contribution in [1.82, 2.24) is 10.3 Å². The zero-order valence-corrected chi connectivity index (χ0v) is 6.14. The molecule has 0 aliphatic carbocycles. The van der Waals surface area contributed by atoms with Crippen LogP contribution in [-0.4, -0.2) is 4.98 Å². The van der Waals surface area contributed by atoms with Gasteiger partial charge >= 0.3 is 0 Å². The highest BCUT2D eigenvalue weighted by Gasteiger charge is 2.23. The Hall–Kier alpha value is -0.830. The number of oxazole rings is 1. The summed E-state index contributed by atoms with van der Waals surface area (Å²) >= 11 is 0. The van der Waals surface area contributed by atoms with Crippen molar-refractivity contribution in [1.29, 1.82) is 0 Å². The van der Waals surface area contributed by atoms with Gasteiger partial charge in [0.1, 0.15) is 5.76 Å². The second-order valence-corrected chi connectivity index (χ2v) is 2.65. The molecule has 1 aliphatic heterocycles. The highest BCUT2D eigenvalue weighted by atomic mass is 16.4. The van der Waals surface area contributed by atoms with Crippen LogP contribution in [0.3, 0.4) is 0 Å². The Morgan fingerprint density at radius 1 is 1.70 bits per heavy atom. The predicted octanol–water partition coefficient (Wildman–Crippen LogP) is 1.15. The molecule has 0 spiro atoms. The first-order valence-corrected chi connectivity index (χ1v) is 3.47. The Morgan fingerprint density at radius 3 is 3.20 bits per heavy atom. The molecule has 3 nitrogen and oxygen atoms in total. The zero-order chi connectivity index (χ0) is 7.14. The van der Waals surface area contributed by atoms with E-state index in [1.165, 1.54) is 0 Å². The fourth-order valence-electron chi connectivity index (χ4n) is 1.29. The van der Waals surface area contributed by atoms with Gasteiger partial charge in [-0.1, -0.05) is 0 Å². The average Bonchev–Trinajstić information content (AvgIpc) is 2.35. The van der Waals surface area contributed by atoms with E-state index in [0.29, 0.717) is 6.04 Å². The van der Waals surface area contributed by atoms with Crippen molar-refractivity contribution in [3.8, 4) is 0 Å². The number of rotatable bonds is 0. The van der Waals surface area contributed by atoms with Crippen LogP contribution in [0.15, 0.2) is 4.42 Å². The van der Waals surface area contributed by atoms with E-state index in [9.17, 15) is 0 Å². The number of fused-ring (bicyclic) bond motifs is 1. The number of aryl methyl sites for hydroxylation is 1. The molecule has 0 saturated heterocycles. The van der Waals surface area contributed by atoms with E-state index in [1.807, 2.05) is 6.92 Å². The Bertz CT molecular complexity index is 254. The van der Waals surface area contributed by atoms with Gasteiger partial charge < -0.3 is 9.73 Å². The molecule has 1 unspecified atom stereocenters. The second-order valence-electron chi connectivity index (χ2n) is 2.65. The number of nitrogens with one attached hydrogen (secondary N) is 1. The first-order chi connectivity index (χ1) is 4.77. The third kappa shape index (κ3) is 0.671. The summed E-state index contributed by atoms with van der Waals surface area (Å²) in [5.41, 5.74) is 1.07. The number of aromatic nitrogens is 1. The minimum absolute atomic E-state index is 0.344. The van der Waals surface area contributed by atoms with Crippen molar-refractivity contribution in [2.24, 2.45) is 0 Å². The largest absolute Gasteiger partial charge is 0.444 e. The predicted molar refractivity (Wildman–Crippen MR) is 36.5 cm³/mol. The molecule has 3 heteroatoms. The molecular weight excluding hydrogens is 128 g/mol. The second kappa shape index (κ2) is 1.83. The van der Waals surface area contributed by atoms with Gasteiger partial charge in [0, 0.05) is 13.5 Å². The van der Waals surface area contributed by atoms with E-state index in [2.05, 4.69) is 17.2 Å². The summed E-state index contributed by atoms with van der Waals surface area (Å²) in [5.74, 6) is 1.79. The molecular formula is C7H10N2O. The van der Waals surface area contributed by atoms with Gasteiger partial charge in [0.15, 0.2) is 5.89 Å². The summed E-state index contributed by atoms with van der Waals surface area (Å²) < 4.78 is 5.36. The lowest BCUT2D eigenvalue weighted by Gasteiger charge is -1.98. The molecule has 0 bridgehead atoms. The third-order valence-corrected chi connectivity index (χ3v) is 1.80. The maximum Gasteiger partial charge on any atom is 0.191 e. The van der Waals surface area contributed by atoms with Gasteiger partial charge in [-0.05, 0) is 6.92 Å². The van der Waals surface area contributed by atoms with Crippen LogP contribution in [0, 0.1) is 6.92 Å². The van der Waals surface area contributed by atoms with Crippen molar-refractivity contribution >= 4 is 0 Å². The quantitative estimate of drug-likeness (QED) is 0.584. The van der Waals surface area contributed by atoms with E-state index < -0.39 is 0 Å². The van der Waals surface area contributed by atoms with Gasteiger partial charge in [-0.3, -0.25) is 0 Å². The first kappa shape index (κ1) is 5.92. The summed E-state index contributed by atoms with van der Waals surface area (Å²) in [6.45, 7) is 4.81. The molecule has 1 aromatic rings. The van der Waals surface area contributed by atoms with Crippen LogP contribution in [-0.2, 0) is 6.54 Å². The SMILES string of the molecule is Cc1nc2c(o1)C(C)NC2. The van der Waals surface area contributed by atoms with Crippen molar-refractivity contribution in [2.75, 3.05) is 0 Å². The summed E-state index contributed by atoms with van der Waals surface area (Å²) in [7, 11) is 0. The van der Waals surface area contributed by atoms with E-state index in [-0.39, 0.29) is 0 Å². The molecule has 0 fully saturated rings. The summed E-state index contributed by atoms with van der Waals surface area (Å²) in [5, 5.41) is 3.24. The number of nitrogens with zero attached hydrogens (tertiary/aromatic N) is 1. The highest BCUT2D eigenvalue weighted by molar-refractivity contribution is 5.18. The zero-order valence-electron chi connectivity index (χ0n) is 6.14. The molecule has 2 rings (SSSR count). The molecule has 1 aliphatic rings. The van der Waals surface area contributed by atoms with Crippen LogP contribution >= 0.6 is 0 Å². The molecule has 1 aromatic heterocycles. The maximum atomic E-state index is 5.36. The fraction of sp³-hybridized carbons (Fsp3) is 0.571. The van der Waals surface area contributed by atoms with Gasteiger partial charge in [-0.25, -0.2) is 4.98 Å². The van der Waals surface area contributed by atoms with Crippen LogP contribution in [0.5, 0.6) is 0 Å². The Morgan fingerprint density at radius 2 is 2.50 bits per heavy atom. The highest BCUT2D eigenvalue weighted by Crippen LogP contribution is 2.24.